The maximum absolute atomic E-state index is 14.4. The van der Waals surface area contributed by atoms with E-state index in [1.54, 1.807) is 18.2 Å². The third kappa shape index (κ3) is 4.03. The molecule has 0 aromatic heterocycles. The van der Waals surface area contributed by atoms with E-state index in [0.29, 0.717) is 35.8 Å². The summed E-state index contributed by atoms with van der Waals surface area (Å²) in [6.07, 6.45) is 3.74. The van der Waals surface area contributed by atoms with Crippen molar-refractivity contribution < 1.29 is 18.7 Å². The van der Waals surface area contributed by atoms with E-state index >= 15 is 0 Å². The molecule has 1 aliphatic carbocycles. The molecule has 2 bridgehead atoms. The number of fused-ring (bicyclic) bond motifs is 6. The molecule has 2 atom stereocenters. The van der Waals surface area contributed by atoms with Crippen LogP contribution in [-0.4, -0.2) is 35.5 Å². The van der Waals surface area contributed by atoms with Crippen molar-refractivity contribution in [2.24, 2.45) is 5.92 Å². The third-order valence-electron chi connectivity index (χ3n) is 9.03. The summed E-state index contributed by atoms with van der Waals surface area (Å²) in [6.45, 7) is 0.298. The summed E-state index contributed by atoms with van der Waals surface area (Å²) in [4.78, 5) is 29.2. The minimum absolute atomic E-state index is 0.0196. The number of benzene rings is 4. The van der Waals surface area contributed by atoms with Crippen LogP contribution in [0.15, 0.2) is 84.9 Å². The zero-order valence-corrected chi connectivity index (χ0v) is 21.7. The molecule has 196 valence electrons. The van der Waals surface area contributed by atoms with E-state index in [4.69, 9.17) is 4.74 Å². The van der Waals surface area contributed by atoms with Gasteiger partial charge in [0.2, 0.25) is 0 Å². The van der Waals surface area contributed by atoms with Gasteiger partial charge in [-0.2, -0.15) is 0 Å². The van der Waals surface area contributed by atoms with Crippen LogP contribution < -0.4 is 0 Å². The molecule has 2 unspecified atom stereocenters. The number of hydrogen-bond donors (Lipinski definition) is 0. The summed E-state index contributed by atoms with van der Waals surface area (Å²) in [5.74, 6) is -0.432. The van der Waals surface area contributed by atoms with Crippen LogP contribution in [-0.2, 0) is 4.74 Å². The van der Waals surface area contributed by atoms with Crippen LogP contribution in [0.25, 0.3) is 21.9 Å². The molecule has 5 heteroatoms. The largest absolute Gasteiger partial charge is 0.448 e. The SMILES string of the molecule is O=C(c1ccc(F)c2ccccc12)C1CC2CCCC(C1)N2C(=O)OCC1c2ccccc2-c2ccccc21. The Bertz CT molecular complexity index is 1540. The Morgan fingerprint density at radius 2 is 1.36 bits per heavy atom. The Labute approximate surface area is 227 Å². The summed E-state index contributed by atoms with van der Waals surface area (Å²) in [7, 11) is 0. The van der Waals surface area contributed by atoms with E-state index in [2.05, 4.69) is 24.3 Å². The van der Waals surface area contributed by atoms with E-state index in [1.807, 2.05) is 41.3 Å². The van der Waals surface area contributed by atoms with Crippen molar-refractivity contribution >= 4 is 22.6 Å². The zero-order chi connectivity index (χ0) is 26.5. The summed E-state index contributed by atoms with van der Waals surface area (Å²) >= 11 is 0. The number of hydrogen-bond acceptors (Lipinski definition) is 3. The maximum Gasteiger partial charge on any atom is 0.410 e. The lowest BCUT2D eigenvalue weighted by molar-refractivity contribution is 0.00654. The van der Waals surface area contributed by atoms with Gasteiger partial charge in [0, 0.05) is 34.9 Å². The summed E-state index contributed by atoms with van der Waals surface area (Å²) < 4.78 is 20.4. The van der Waals surface area contributed by atoms with Gasteiger partial charge in [0.15, 0.2) is 5.78 Å². The van der Waals surface area contributed by atoms with Crippen molar-refractivity contribution in [1.82, 2.24) is 4.90 Å². The fraction of sp³-hybridized carbons (Fsp3) is 0.294. The number of rotatable bonds is 4. The number of ketones is 1. The van der Waals surface area contributed by atoms with Gasteiger partial charge in [0.05, 0.1) is 0 Å². The lowest BCUT2D eigenvalue weighted by Gasteiger charge is -2.47. The Morgan fingerprint density at radius 1 is 0.769 bits per heavy atom. The molecular formula is C34H30FNO3. The Hall–Kier alpha value is -3.99. The van der Waals surface area contributed by atoms with Crippen LogP contribution in [0.2, 0.25) is 0 Å². The molecule has 3 aliphatic rings. The highest BCUT2D eigenvalue weighted by Crippen LogP contribution is 2.45. The highest BCUT2D eigenvalue weighted by atomic mass is 19.1. The lowest BCUT2D eigenvalue weighted by Crippen LogP contribution is -2.55. The van der Waals surface area contributed by atoms with Crippen molar-refractivity contribution in [1.29, 1.82) is 0 Å². The smallest absolute Gasteiger partial charge is 0.410 e. The standard InChI is InChI=1S/C34H30FNO3/c35-32-17-16-30(28-14-5-6-15-29(28)32)33(37)21-18-22-8-7-9-23(19-21)36(22)34(38)39-20-31-26-12-3-1-10-24(26)25-11-2-4-13-27(25)31/h1-6,10-17,21-23,31H,7-9,18-20H2. The van der Waals surface area contributed by atoms with Gasteiger partial charge in [-0.25, -0.2) is 9.18 Å². The molecule has 4 nitrogen and oxygen atoms in total. The van der Waals surface area contributed by atoms with Gasteiger partial charge >= 0.3 is 6.09 Å². The molecule has 4 aromatic carbocycles. The number of ether oxygens (including phenoxy) is 1. The molecule has 0 N–H and O–H groups in total. The molecule has 2 saturated heterocycles. The summed E-state index contributed by atoms with van der Waals surface area (Å²) in [6, 6.07) is 26.8. The predicted molar refractivity (Wildman–Crippen MR) is 149 cm³/mol. The lowest BCUT2D eigenvalue weighted by atomic mass is 9.75. The number of halogens is 1. The van der Waals surface area contributed by atoms with Gasteiger partial charge in [-0.05, 0) is 71.9 Å². The van der Waals surface area contributed by atoms with Crippen LogP contribution in [0.5, 0.6) is 0 Å². The van der Waals surface area contributed by atoms with Crippen LogP contribution in [0, 0.1) is 11.7 Å². The molecule has 4 aromatic rings. The van der Waals surface area contributed by atoms with Gasteiger partial charge in [0.1, 0.15) is 12.4 Å². The zero-order valence-electron chi connectivity index (χ0n) is 21.7. The van der Waals surface area contributed by atoms with Crippen molar-refractivity contribution in [3.05, 3.63) is 107 Å². The summed E-state index contributed by atoms with van der Waals surface area (Å²) in [5, 5.41) is 1.13. The Kier molecular flexibility index (Phi) is 5.95. The second kappa shape index (κ2) is 9.64. The normalized spacial score (nSPS) is 21.9. The second-order valence-electron chi connectivity index (χ2n) is 11.1. The fourth-order valence-electron chi connectivity index (χ4n) is 7.26. The first-order valence-corrected chi connectivity index (χ1v) is 13.9. The average molecular weight is 520 g/mol. The van der Waals surface area contributed by atoms with Crippen LogP contribution in [0.1, 0.15) is 59.5 Å². The fourth-order valence-corrected chi connectivity index (χ4v) is 7.26. The highest BCUT2D eigenvalue weighted by Gasteiger charge is 2.44. The van der Waals surface area contributed by atoms with E-state index < -0.39 is 0 Å². The van der Waals surface area contributed by atoms with E-state index in [1.165, 1.54) is 28.3 Å². The number of carbonyl (C=O) groups is 2. The number of nitrogens with zero attached hydrogens (tertiary/aromatic N) is 1. The Balaban J connectivity index is 1.09. The Morgan fingerprint density at radius 3 is 2.03 bits per heavy atom. The van der Waals surface area contributed by atoms with E-state index in [-0.39, 0.29) is 41.6 Å². The molecule has 0 saturated carbocycles. The first-order valence-electron chi connectivity index (χ1n) is 13.9. The molecule has 2 heterocycles. The second-order valence-corrected chi connectivity index (χ2v) is 11.1. The number of carbonyl (C=O) groups excluding carboxylic acids is 2. The van der Waals surface area contributed by atoms with E-state index in [9.17, 15) is 14.0 Å². The van der Waals surface area contributed by atoms with Gasteiger partial charge < -0.3 is 9.64 Å². The number of piperidine rings is 2. The minimum Gasteiger partial charge on any atom is -0.448 e. The van der Waals surface area contributed by atoms with Gasteiger partial charge in [-0.15, -0.1) is 0 Å². The molecule has 39 heavy (non-hydrogen) atoms. The maximum atomic E-state index is 14.4. The quantitative estimate of drug-likeness (QED) is 0.259. The third-order valence-corrected chi connectivity index (χ3v) is 9.03. The van der Waals surface area contributed by atoms with Crippen molar-refractivity contribution in [3.8, 4) is 11.1 Å². The van der Waals surface area contributed by atoms with Crippen LogP contribution in [0.4, 0.5) is 9.18 Å². The number of Topliss-reactive ketones (excluding diaryl/α,β-unsaturated/α-hetero) is 1. The number of amides is 1. The van der Waals surface area contributed by atoms with Crippen molar-refractivity contribution in [2.75, 3.05) is 6.61 Å². The molecule has 1 amide bonds. The first kappa shape index (κ1) is 24.1. The van der Waals surface area contributed by atoms with Crippen LogP contribution >= 0.6 is 0 Å². The molecule has 0 radical (unpaired) electrons. The summed E-state index contributed by atoms with van der Waals surface area (Å²) in [5.41, 5.74) is 5.38. The monoisotopic (exact) mass is 519 g/mol. The minimum atomic E-state index is -0.316. The molecular weight excluding hydrogens is 489 g/mol. The molecule has 7 rings (SSSR count). The van der Waals surface area contributed by atoms with Gasteiger partial charge in [-0.3, -0.25) is 4.79 Å². The average Bonchev–Trinajstić information content (AvgIpc) is 3.29. The molecule has 2 aliphatic heterocycles. The van der Waals surface area contributed by atoms with Crippen LogP contribution in [0.3, 0.4) is 0 Å². The van der Waals surface area contributed by atoms with E-state index in [0.717, 1.165) is 19.3 Å². The molecule has 2 fully saturated rings. The first-order chi connectivity index (χ1) is 19.1. The highest BCUT2D eigenvalue weighted by molar-refractivity contribution is 6.09. The van der Waals surface area contributed by atoms with Gasteiger partial charge in [0.25, 0.3) is 0 Å². The molecule has 0 spiro atoms. The van der Waals surface area contributed by atoms with Gasteiger partial charge in [-0.1, -0.05) is 72.8 Å². The van der Waals surface area contributed by atoms with Crippen molar-refractivity contribution in [3.63, 3.8) is 0 Å². The predicted octanol–water partition coefficient (Wildman–Crippen LogP) is 7.74. The van der Waals surface area contributed by atoms with Crippen molar-refractivity contribution in [2.45, 2.75) is 50.1 Å². The topological polar surface area (TPSA) is 46.6 Å².